The molecule has 6 heteroatoms. The van der Waals surface area contributed by atoms with Crippen LogP contribution in [0.15, 0.2) is 18.2 Å². The van der Waals surface area contributed by atoms with Crippen LogP contribution in [0.2, 0.25) is 0 Å². The Balaban J connectivity index is 1.84. The molecule has 108 valence electrons. The minimum absolute atomic E-state index is 0.166. The predicted octanol–water partition coefficient (Wildman–Crippen LogP) is 0.651. The normalized spacial score (nSPS) is 24.5. The van der Waals surface area contributed by atoms with E-state index in [-0.39, 0.29) is 18.5 Å². The van der Waals surface area contributed by atoms with E-state index in [9.17, 15) is 9.59 Å². The van der Waals surface area contributed by atoms with Crippen molar-refractivity contribution in [2.75, 3.05) is 13.1 Å². The van der Waals surface area contributed by atoms with Gasteiger partial charge >= 0.3 is 6.03 Å². The molecule has 1 atom stereocenters. The molecular weight excluding hydrogens is 268 g/mol. The number of nitriles is 1. The van der Waals surface area contributed by atoms with Crippen LogP contribution >= 0.6 is 0 Å². The molecule has 0 bridgehead atoms. The van der Waals surface area contributed by atoms with E-state index in [1.165, 1.54) is 4.90 Å². The third-order valence-electron chi connectivity index (χ3n) is 4.20. The van der Waals surface area contributed by atoms with Crippen LogP contribution in [0.25, 0.3) is 0 Å². The molecule has 2 saturated heterocycles. The van der Waals surface area contributed by atoms with Crippen molar-refractivity contribution in [3.8, 4) is 6.07 Å². The smallest absolute Gasteiger partial charge is 0.322 e. The highest BCUT2D eigenvalue weighted by Crippen LogP contribution is 2.26. The van der Waals surface area contributed by atoms with Gasteiger partial charge in [0.2, 0.25) is 0 Å². The Kier molecular flexibility index (Phi) is 3.15. The molecule has 2 aliphatic rings. The van der Waals surface area contributed by atoms with Crippen LogP contribution in [0, 0.1) is 18.3 Å². The van der Waals surface area contributed by atoms with Gasteiger partial charge in [0.15, 0.2) is 0 Å². The van der Waals surface area contributed by atoms with Crippen molar-refractivity contribution in [2.24, 2.45) is 0 Å². The van der Waals surface area contributed by atoms with Crippen LogP contribution < -0.4 is 10.6 Å². The van der Waals surface area contributed by atoms with Crippen molar-refractivity contribution in [3.05, 3.63) is 34.9 Å². The molecule has 2 N–H and O–H groups in total. The van der Waals surface area contributed by atoms with E-state index < -0.39 is 5.54 Å². The zero-order valence-corrected chi connectivity index (χ0v) is 11.8. The van der Waals surface area contributed by atoms with E-state index in [2.05, 4.69) is 16.7 Å². The van der Waals surface area contributed by atoms with Crippen molar-refractivity contribution >= 4 is 11.9 Å². The number of benzene rings is 1. The standard InChI is InChI=1S/C15H16N4O2/c1-10-6-11(7-16)2-3-12(10)8-19-13(20)15(18-14(19)21)4-5-17-9-15/h2-3,6,17H,4-5,8-9H2,1H3,(H,18,21). The Bertz CT molecular complexity index is 656. The van der Waals surface area contributed by atoms with Crippen LogP contribution in [0.5, 0.6) is 0 Å². The van der Waals surface area contributed by atoms with E-state index >= 15 is 0 Å². The fourth-order valence-electron chi connectivity index (χ4n) is 2.91. The van der Waals surface area contributed by atoms with Crippen LogP contribution in [-0.4, -0.2) is 35.5 Å². The van der Waals surface area contributed by atoms with Gasteiger partial charge in [-0.25, -0.2) is 4.79 Å². The summed E-state index contributed by atoms with van der Waals surface area (Å²) in [7, 11) is 0. The molecule has 0 aliphatic carbocycles. The van der Waals surface area contributed by atoms with Crippen molar-refractivity contribution in [1.29, 1.82) is 5.26 Å². The van der Waals surface area contributed by atoms with Gasteiger partial charge < -0.3 is 10.6 Å². The molecule has 0 radical (unpaired) electrons. The molecule has 6 nitrogen and oxygen atoms in total. The zero-order chi connectivity index (χ0) is 15.0. The molecule has 1 spiro atoms. The number of carbonyl (C=O) groups is 2. The van der Waals surface area contributed by atoms with Gasteiger partial charge in [-0.2, -0.15) is 5.26 Å². The quantitative estimate of drug-likeness (QED) is 0.781. The molecule has 3 rings (SSSR count). The Morgan fingerprint density at radius 1 is 1.43 bits per heavy atom. The van der Waals surface area contributed by atoms with Gasteiger partial charge in [0.25, 0.3) is 5.91 Å². The summed E-state index contributed by atoms with van der Waals surface area (Å²) < 4.78 is 0. The molecule has 1 aromatic rings. The molecule has 0 saturated carbocycles. The molecule has 1 unspecified atom stereocenters. The molecule has 3 amide bonds. The van der Waals surface area contributed by atoms with E-state index in [1.807, 2.05) is 6.92 Å². The second-order valence-corrected chi connectivity index (χ2v) is 5.58. The lowest BCUT2D eigenvalue weighted by atomic mass is 9.98. The average molecular weight is 284 g/mol. The number of hydrogen-bond acceptors (Lipinski definition) is 4. The van der Waals surface area contributed by atoms with Crippen LogP contribution in [-0.2, 0) is 11.3 Å². The van der Waals surface area contributed by atoms with Crippen molar-refractivity contribution in [2.45, 2.75) is 25.4 Å². The fourth-order valence-corrected chi connectivity index (χ4v) is 2.91. The summed E-state index contributed by atoms with van der Waals surface area (Å²) in [5.74, 6) is -0.166. The molecule has 2 fully saturated rings. The van der Waals surface area contributed by atoms with Gasteiger partial charge in [-0.05, 0) is 43.1 Å². The van der Waals surface area contributed by atoms with E-state index in [4.69, 9.17) is 5.26 Å². The second kappa shape index (κ2) is 4.86. The Labute approximate surface area is 122 Å². The lowest BCUT2D eigenvalue weighted by Gasteiger charge is -2.19. The molecule has 2 aliphatic heterocycles. The fraction of sp³-hybridized carbons (Fsp3) is 0.400. The maximum atomic E-state index is 12.5. The van der Waals surface area contributed by atoms with Gasteiger partial charge in [-0.1, -0.05) is 6.07 Å². The number of rotatable bonds is 2. The SMILES string of the molecule is Cc1cc(C#N)ccc1CN1C(=O)NC2(CCNC2)C1=O. The lowest BCUT2D eigenvalue weighted by Crippen LogP contribution is -2.48. The lowest BCUT2D eigenvalue weighted by molar-refractivity contribution is -0.131. The summed E-state index contributed by atoms with van der Waals surface area (Å²) in [6.07, 6.45) is 0.625. The highest BCUT2D eigenvalue weighted by Gasteiger charge is 2.52. The third-order valence-corrected chi connectivity index (χ3v) is 4.20. The number of aryl methyl sites for hydroxylation is 1. The van der Waals surface area contributed by atoms with Crippen molar-refractivity contribution in [3.63, 3.8) is 0 Å². The number of nitrogens with one attached hydrogen (secondary N) is 2. The first kappa shape index (κ1) is 13.6. The van der Waals surface area contributed by atoms with Crippen molar-refractivity contribution in [1.82, 2.24) is 15.5 Å². The average Bonchev–Trinajstić information content (AvgIpc) is 3.02. The Morgan fingerprint density at radius 2 is 2.24 bits per heavy atom. The number of amides is 3. The minimum Gasteiger partial charge on any atom is -0.322 e. The monoisotopic (exact) mass is 284 g/mol. The van der Waals surface area contributed by atoms with E-state index in [0.717, 1.165) is 17.7 Å². The summed E-state index contributed by atoms with van der Waals surface area (Å²) in [6.45, 7) is 3.33. The van der Waals surface area contributed by atoms with Crippen LogP contribution in [0.4, 0.5) is 4.79 Å². The van der Waals surface area contributed by atoms with E-state index in [0.29, 0.717) is 18.5 Å². The Hall–Kier alpha value is -2.39. The number of carbonyl (C=O) groups excluding carboxylic acids is 2. The minimum atomic E-state index is -0.766. The summed E-state index contributed by atoms with van der Waals surface area (Å²) in [5, 5.41) is 14.8. The Morgan fingerprint density at radius 3 is 2.86 bits per heavy atom. The summed E-state index contributed by atoms with van der Waals surface area (Å²) in [6, 6.07) is 7.00. The molecule has 2 heterocycles. The van der Waals surface area contributed by atoms with Crippen molar-refractivity contribution < 1.29 is 9.59 Å². The first-order valence-electron chi connectivity index (χ1n) is 6.90. The van der Waals surface area contributed by atoms with E-state index in [1.54, 1.807) is 18.2 Å². The van der Waals surface area contributed by atoms with Gasteiger partial charge in [0.05, 0.1) is 18.2 Å². The maximum Gasteiger partial charge on any atom is 0.325 e. The van der Waals surface area contributed by atoms with Gasteiger partial charge in [0, 0.05) is 6.54 Å². The van der Waals surface area contributed by atoms with Crippen LogP contribution in [0.1, 0.15) is 23.1 Å². The highest BCUT2D eigenvalue weighted by molar-refractivity contribution is 6.07. The largest absolute Gasteiger partial charge is 0.325 e. The second-order valence-electron chi connectivity index (χ2n) is 5.58. The predicted molar refractivity (Wildman–Crippen MR) is 75.2 cm³/mol. The zero-order valence-electron chi connectivity index (χ0n) is 11.8. The number of nitrogens with zero attached hydrogens (tertiary/aromatic N) is 2. The van der Waals surface area contributed by atoms with Crippen LogP contribution in [0.3, 0.4) is 0 Å². The number of hydrogen-bond donors (Lipinski definition) is 2. The first-order valence-corrected chi connectivity index (χ1v) is 6.90. The van der Waals surface area contributed by atoms with Gasteiger partial charge in [-0.3, -0.25) is 9.69 Å². The summed E-state index contributed by atoms with van der Waals surface area (Å²) in [5.41, 5.74) is 1.59. The molecular formula is C15H16N4O2. The maximum absolute atomic E-state index is 12.5. The highest BCUT2D eigenvalue weighted by atomic mass is 16.2. The number of urea groups is 1. The van der Waals surface area contributed by atoms with Gasteiger partial charge in [0.1, 0.15) is 5.54 Å². The molecule has 21 heavy (non-hydrogen) atoms. The summed E-state index contributed by atoms with van der Waals surface area (Å²) >= 11 is 0. The summed E-state index contributed by atoms with van der Waals surface area (Å²) in [4.78, 5) is 25.9. The molecule has 0 aromatic heterocycles. The third kappa shape index (κ3) is 2.16. The number of imide groups is 1. The topological polar surface area (TPSA) is 85.2 Å². The van der Waals surface area contributed by atoms with Gasteiger partial charge in [-0.15, -0.1) is 0 Å². The first-order chi connectivity index (χ1) is 10.1. The molecule has 1 aromatic carbocycles.